The first-order valence-corrected chi connectivity index (χ1v) is 8.45. The van der Waals surface area contributed by atoms with Crippen LogP contribution in [0, 0.1) is 0 Å². The molecule has 3 rings (SSSR count). The van der Waals surface area contributed by atoms with Crippen molar-refractivity contribution in [1.82, 2.24) is 9.97 Å². The fourth-order valence-electron chi connectivity index (χ4n) is 2.47. The largest absolute Gasteiger partial charge is 0.380 e. The van der Waals surface area contributed by atoms with Crippen molar-refractivity contribution in [3.05, 3.63) is 47.6 Å². The molecule has 0 bridgehead atoms. The molecule has 3 aromatic rings. The molecule has 0 fully saturated rings. The second-order valence-electron chi connectivity index (χ2n) is 5.04. The normalized spacial score (nSPS) is 10.8. The lowest BCUT2D eigenvalue weighted by atomic mass is 10.2. The number of hydrogen-bond donors (Lipinski definition) is 1. The highest BCUT2D eigenvalue weighted by atomic mass is 32.1. The van der Waals surface area contributed by atoms with Gasteiger partial charge in [0.05, 0.1) is 15.9 Å². The summed E-state index contributed by atoms with van der Waals surface area (Å²) in [6.45, 7) is 7.03. The molecule has 22 heavy (non-hydrogen) atoms. The van der Waals surface area contributed by atoms with Crippen LogP contribution in [0.15, 0.2) is 42.0 Å². The Bertz CT molecular complexity index is 732. The number of nitrogens with one attached hydrogen (secondary N) is 1. The highest BCUT2D eigenvalue weighted by Crippen LogP contribution is 2.27. The summed E-state index contributed by atoms with van der Waals surface area (Å²) in [6.07, 6.45) is 3.80. The first-order valence-electron chi connectivity index (χ1n) is 7.57. The predicted molar refractivity (Wildman–Crippen MR) is 94.7 cm³/mol. The molecule has 0 amide bonds. The Morgan fingerprint density at radius 3 is 2.68 bits per heavy atom. The molecule has 0 aliphatic carbocycles. The molecule has 0 aliphatic heterocycles. The molecule has 0 aromatic carbocycles. The van der Waals surface area contributed by atoms with Crippen LogP contribution < -0.4 is 10.2 Å². The monoisotopic (exact) mass is 312 g/mol. The van der Waals surface area contributed by atoms with Crippen molar-refractivity contribution in [3.8, 4) is 0 Å². The minimum absolute atomic E-state index is 0.766. The summed E-state index contributed by atoms with van der Waals surface area (Å²) < 4.78 is 1.20. The van der Waals surface area contributed by atoms with E-state index in [4.69, 9.17) is 0 Å². The van der Waals surface area contributed by atoms with E-state index in [9.17, 15) is 0 Å². The van der Waals surface area contributed by atoms with Crippen LogP contribution in [0.25, 0.3) is 10.2 Å². The number of rotatable bonds is 6. The number of aromatic nitrogens is 2. The van der Waals surface area contributed by atoms with Gasteiger partial charge in [-0.1, -0.05) is 6.07 Å². The van der Waals surface area contributed by atoms with Gasteiger partial charge in [0.25, 0.3) is 0 Å². The number of fused-ring (bicyclic) bond motifs is 1. The van der Waals surface area contributed by atoms with Gasteiger partial charge in [0.2, 0.25) is 0 Å². The molecule has 3 heterocycles. The molecule has 0 unspecified atom stereocenters. The van der Waals surface area contributed by atoms with Gasteiger partial charge >= 0.3 is 0 Å². The Morgan fingerprint density at radius 1 is 1.09 bits per heavy atom. The molecular formula is C17H20N4S. The zero-order valence-corrected chi connectivity index (χ0v) is 13.7. The first-order chi connectivity index (χ1) is 10.8. The van der Waals surface area contributed by atoms with Gasteiger partial charge < -0.3 is 10.2 Å². The third-order valence-corrected chi connectivity index (χ3v) is 4.66. The summed E-state index contributed by atoms with van der Waals surface area (Å²) in [7, 11) is 0. The molecule has 0 atom stereocenters. The van der Waals surface area contributed by atoms with E-state index < -0.39 is 0 Å². The van der Waals surface area contributed by atoms with Gasteiger partial charge in [-0.25, -0.2) is 4.98 Å². The van der Waals surface area contributed by atoms with E-state index in [1.807, 2.05) is 24.5 Å². The zero-order valence-electron chi connectivity index (χ0n) is 12.9. The van der Waals surface area contributed by atoms with Crippen LogP contribution in [0.2, 0.25) is 0 Å². The van der Waals surface area contributed by atoms with Crippen LogP contribution in [0.1, 0.15) is 19.4 Å². The summed E-state index contributed by atoms with van der Waals surface area (Å²) in [4.78, 5) is 11.2. The van der Waals surface area contributed by atoms with Crippen molar-refractivity contribution in [2.45, 2.75) is 20.4 Å². The van der Waals surface area contributed by atoms with Gasteiger partial charge in [-0.05, 0) is 43.0 Å². The molecule has 0 saturated heterocycles. The van der Waals surface area contributed by atoms with Crippen LogP contribution in [-0.4, -0.2) is 23.1 Å². The molecule has 4 nitrogen and oxygen atoms in total. The second kappa shape index (κ2) is 6.75. The molecule has 0 radical (unpaired) electrons. The Kier molecular flexibility index (Phi) is 4.53. The van der Waals surface area contributed by atoms with Crippen LogP contribution in [0.3, 0.4) is 0 Å². The molecule has 0 spiro atoms. The standard InChI is InChI=1S/C17H20N4S/c1-3-21(4-2)16-6-5-13(12-20-16)11-19-14-7-9-18-15-8-10-22-17(14)15/h5-10,12H,3-4,11H2,1-2H3,(H,18,19). The molecular weight excluding hydrogens is 292 g/mol. The topological polar surface area (TPSA) is 41.0 Å². The molecule has 0 saturated carbocycles. The Labute approximate surface area is 134 Å². The van der Waals surface area contributed by atoms with Gasteiger partial charge in [0.15, 0.2) is 0 Å². The van der Waals surface area contributed by atoms with Gasteiger partial charge in [0.1, 0.15) is 5.82 Å². The van der Waals surface area contributed by atoms with E-state index in [1.54, 1.807) is 11.3 Å². The summed E-state index contributed by atoms with van der Waals surface area (Å²) in [5.41, 5.74) is 3.36. The van der Waals surface area contributed by atoms with Crippen molar-refractivity contribution in [1.29, 1.82) is 0 Å². The smallest absolute Gasteiger partial charge is 0.128 e. The maximum Gasteiger partial charge on any atom is 0.128 e. The maximum atomic E-state index is 4.56. The Morgan fingerprint density at radius 2 is 1.95 bits per heavy atom. The molecule has 1 N–H and O–H groups in total. The summed E-state index contributed by atoms with van der Waals surface area (Å²) in [6, 6.07) is 8.31. The quantitative estimate of drug-likeness (QED) is 0.742. The third kappa shape index (κ3) is 3.04. The fourth-order valence-corrected chi connectivity index (χ4v) is 3.31. The van der Waals surface area contributed by atoms with Crippen molar-refractivity contribution >= 4 is 33.1 Å². The summed E-state index contributed by atoms with van der Waals surface area (Å²) in [5, 5.41) is 5.56. The lowest BCUT2D eigenvalue weighted by Crippen LogP contribution is -2.22. The van der Waals surface area contributed by atoms with Crippen LogP contribution in [0.4, 0.5) is 11.5 Å². The zero-order chi connectivity index (χ0) is 15.4. The number of nitrogens with zero attached hydrogens (tertiary/aromatic N) is 3. The van der Waals surface area contributed by atoms with Crippen molar-refractivity contribution in [3.63, 3.8) is 0 Å². The molecule has 114 valence electrons. The summed E-state index contributed by atoms with van der Waals surface area (Å²) in [5.74, 6) is 1.04. The number of anilines is 2. The van der Waals surface area contributed by atoms with Crippen LogP contribution >= 0.6 is 11.3 Å². The van der Waals surface area contributed by atoms with Gasteiger partial charge in [-0.15, -0.1) is 11.3 Å². The molecule has 0 aliphatic rings. The van der Waals surface area contributed by atoms with E-state index in [0.29, 0.717) is 0 Å². The third-order valence-electron chi connectivity index (χ3n) is 3.72. The highest BCUT2D eigenvalue weighted by molar-refractivity contribution is 7.17. The Hall–Kier alpha value is -2.14. The minimum atomic E-state index is 0.766. The molecule has 5 heteroatoms. The van der Waals surface area contributed by atoms with Gasteiger partial charge in [0, 0.05) is 32.0 Å². The lowest BCUT2D eigenvalue weighted by molar-refractivity contribution is 0.844. The van der Waals surface area contributed by atoms with E-state index in [-0.39, 0.29) is 0 Å². The second-order valence-corrected chi connectivity index (χ2v) is 5.96. The Balaban J connectivity index is 1.70. The number of thiophene rings is 1. The SMILES string of the molecule is CCN(CC)c1ccc(CNc2ccnc3ccsc23)cn1. The van der Waals surface area contributed by atoms with Gasteiger partial charge in [-0.2, -0.15) is 0 Å². The number of hydrogen-bond acceptors (Lipinski definition) is 5. The average molecular weight is 312 g/mol. The van der Waals surface area contributed by atoms with Crippen LogP contribution in [-0.2, 0) is 6.54 Å². The maximum absolute atomic E-state index is 4.56. The fraction of sp³-hybridized carbons (Fsp3) is 0.294. The lowest BCUT2D eigenvalue weighted by Gasteiger charge is -2.19. The van der Waals surface area contributed by atoms with E-state index in [0.717, 1.165) is 36.7 Å². The van der Waals surface area contributed by atoms with E-state index >= 15 is 0 Å². The summed E-state index contributed by atoms with van der Waals surface area (Å²) >= 11 is 1.71. The highest BCUT2D eigenvalue weighted by Gasteiger charge is 2.05. The van der Waals surface area contributed by atoms with Crippen molar-refractivity contribution in [2.75, 3.05) is 23.3 Å². The average Bonchev–Trinajstić information content (AvgIpc) is 3.04. The van der Waals surface area contributed by atoms with E-state index in [1.165, 1.54) is 10.3 Å². The van der Waals surface area contributed by atoms with Crippen LogP contribution in [0.5, 0.6) is 0 Å². The van der Waals surface area contributed by atoms with E-state index in [2.05, 4.69) is 51.5 Å². The minimum Gasteiger partial charge on any atom is -0.380 e. The number of pyridine rings is 2. The predicted octanol–water partition coefficient (Wildman–Crippen LogP) is 4.15. The van der Waals surface area contributed by atoms with Crippen molar-refractivity contribution in [2.24, 2.45) is 0 Å². The molecule has 3 aromatic heterocycles. The van der Waals surface area contributed by atoms with Crippen molar-refractivity contribution < 1.29 is 0 Å². The van der Waals surface area contributed by atoms with Gasteiger partial charge in [-0.3, -0.25) is 4.98 Å². The first kappa shape index (κ1) is 14.8.